The summed E-state index contributed by atoms with van der Waals surface area (Å²) in [5.41, 5.74) is 5.85. The monoisotopic (exact) mass is 195 g/mol. The molecule has 0 heterocycles. The molecule has 2 N–H and O–H groups in total. The lowest BCUT2D eigenvalue weighted by Gasteiger charge is -2.22. The maximum atomic E-state index is 5.85. The molecule has 2 fully saturated rings. The smallest absolute Gasteiger partial charge is 0.0969 e. The Morgan fingerprint density at radius 1 is 1.43 bits per heavy atom. The molecule has 0 aromatic heterocycles. The average molecular weight is 195 g/mol. The van der Waals surface area contributed by atoms with E-state index in [2.05, 4.69) is 23.9 Å². The summed E-state index contributed by atoms with van der Waals surface area (Å²) in [6.07, 6.45) is 5.23. The molecule has 0 aliphatic heterocycles. The van der Waals surface area contributed by atoms with E-state index in [1.165, 1.54) is 25.7 Å². The minimum Gasteiger partial charge on any atom is -0.387 e. The van der Waals surface area contributed by atoms with Gasteiger partial charge in [-0.25, -0.2) is 0 Å². The molecule has 2 aliphatic rings. The molecule has 0 aromatic rings. The Kier molecular flexibility index (Phi) is 2.77. The van der Waals surface area contributed by atoms with Crippen LogP contribution in [0, 0.1) is 5.92 Å². The maximum absolute atomic E-state index is 5.85. The van der Waals surface area contributed by atoms with E-state index in [4.69, 9.17) is 5.73 Å². The lowest BCUT2D eigenvalue weighted by Crippen LogP contribution is -2.34. The molecule has 0 bridgehead atoms. The zero-order chi connectivity index (χ0) is 10.1. The summed E-state index contributed by atoms with van der Waals surface area (Å²) in [6.45, 7) is 3.11. The number of likely N-dealkylation sites (N-methyl/N-ethyl adjacent to an activating group) is 1. The predicted octanol–water partition coefficient (Wildman–Crippen LogP) is 1.24. The van der Waals surface area contributed by atoms with E-state index in [-0.39, 0.29) is 0 Å². The van der Waals surface area contributed by atoms with Gasteiger partial charge in [-0.2, -0.15) is 0 Å². The Bertz CT molecular complexity index is 229. The number of hydrogen-bond acceptors (Lipinski definition) is 2. The van der Waals surface area contributed by atoms with Crippen molar-refractivity contribution >= 4 is 5.84 Å². The molecule has 0 spiro atoms. The summed E-state index contributed by atoms with van der Waals surface area (Å²) in [6, 6.07) is 1.36. The summed E-state index contributed by atoms with van der Waals surface area (Å²) >= 11 is 0. The maximum Gasteiger partial charge on any atom is 0.0969 e. The van der Waals surface area contributed by atoms with E-state index >= 15 is 0 Å². The van der Waals surface area contributed by atoms with Crippen molar-refractivity contribution in [3.63, 3.8) is 0 Å². The third-order valence-electron chi connectivity index (χ3n) is 3.35. The molecule has 1 unspecified atom stereocenters. The second-order valence-corrected chi connectivity index (χ2v) is 4.79. The summed E-state index contributed by atoms with van der Waals surface area (Å²) in [4.78, 5) is 6.90. The summed E-state index contributed by atoms with van der Waals surface area (Å²) in [7, 11) is 2.20. The number of aliphatic imine (C=N–C) groups is 1. The van der Waals surface area contributed by atoms with E-state index in [1.807, 2.05) is 0 Å². The molecule has 3 nitrogen and oxygen atoms in total. The van der Waals surface area contributed by atoms with Crippen molar-refractivity contribution in [3.05, 3.63) is 0 Å². The van der Waals surface area contributed by atoms with Crippen molar-refractivity contribution in [3.8, 4) is 0 Å². The number of nitrogens with zero attached hydrogens (tertiary/aromatic N) is 2. The third kappa shape index (κ3) is 2.47. The Labute approximate surface area is 86.4 Å². The highest BCUT2D eigenvalue weighted by Gasteiger charge is 2.29. The highest BCUT2D eigenvalue weighted by molar-refractivity contribution is 5.84. The second kappa shape index (κ2) is 3.89. The van der Waals surface area contributed by atoms with Crippen LogP contribution in [0.2, 0.25) is 0 Å². The number of amidine groups is 1. The van der Waals surface area contributed by atoms with E-state index in [0.717, 1.165) is 18.4 Å². The third-order valence-corrected chi connectivity index (χ3v) is 3.35. The van der Waals surface area contributed by atoms with Gasteiger partial charge in [0, 0.05) is 18.0 Å². The summed E-state index contributed by atoms with van der Waals surface area (Å²) in [5.74, 6) is 1.51. The van der Waals surface area contributed by atoms with Gasteiger partial charge in [-0.15, -0.1) is 0 Å². The van der Waals surface area contributed by atoms with Gasteiger partial charge in [-0.05, 0) is 39.7 Å². The minimum absolute atomic E-state index is 0.541. The van der Waals surface area contributed by atoms with Crippen molar-refractivity contribution in [1.29, 1.82) is 0 Å². The van der Waals surface area contributed by atoms with Crippen molar-refractivity contribution in [2.45, 2.75) is 44.7 Å². The van der Waals surface area contributed by atoms with Crippen molar-refractivity contribution < 1.29 is 0 Å². The predicted molar refractivity (Wildman–Crippen MR) is 59.5 cm³/mol. The average Bonchev–Trinajstić information content (AvgIpc) is 3.05. The number of rotatable bonds is 5. The lowest BCUT2D eigenvalue weighted by atomic mass is 10.3. The molecule has 0 saturated heterocycles. The van der Waals surface area contributed by atoms with Gasteiger partial charge in [0.25, 0.3) is 0 Å². The normalized spacial score (nSPS) is 25.5. The quantitative estimate of drug-likeness (QED) is 0.529. The van der Waals surface area contributed by atoms with Gasteiger partial charge in [-0.1, -0.05) is 0 Å². The van der Waals surface area contributed by atoms with E-state index in [0.29, 0.717) is 12.0 Å². The first-order valence-corrected chi connectivity index (χ1v) is 5.70. The fraction of sp³-hybridized carbons (Fsp3) is 0.909. The summed E-state index contributed by atoms with van der Waals surface area (Å²) < 4.78 is 0. The van der Waals surface area contributed by atoms with Gasteiger partial charge in [0.1, 0.15) is 0 Å². The van der Waals surface area contributed by atoms with Crippen LogP contribution in [-0.4, -0.2) is 36.4 Å². The molecular weight excluding hydrogens is 174 g/mol. The van der Waals surface area contributed by atoms with Crippen LogP contribution < -0.4 is 5.73 Å². The number of hydrogen-bond donors (Lipinski definition) is 1. The van der Waals surface area contributed by atoms with Gasteiger partial charge >= 0.3 is 0 Å². The zero-order valence-electron chi connectivity index (χ0n) is 9.24. The van der Waals surface area contributed by atoms with E-state index < -0.39 is 0 Å². The first-order chi connectivity index (χ1) is 6.68. The molecule has 2 aliphatic carbocycles. The molecule has 0 aromatic carbocycles. The van der Waals surface area contributed by atoms with Crippen LogP contribution in [0.3, 0.4) is 0 Å². The minimum atomic E-state index is 0.541. The van der Waals surface area contributed by atoms with Gasteiger partial charge in [-0.3, -0.25) is 9.89 Å². The van der Waals surface area contributed by atoms with Crippen LogP contribution in [0.1, 0.15) is 32.6 Å². The van der Waals surface area contributed by atoms with Crippen molar-refractivity contribution in [2.24, 2.45) is 16.6 Å². The molecule has 1 atom stereocenters. The molecule has 0 amide bonds. The van der Waals surface area contributed by atoms with Crippen LogP contribution in [0.5, 0.6) is 0 Å². The standard InChI is InChI=1S/C11H21N3/c1-8(14(2)10-5-6-10)7-13-11(12)9-3-4-9/h8-10H,3-7H2,1-2H3,(H2,12,13). The SMILES string of the molecule is CC(CN=C(N)C1CC1)N(C)C1CC1. The first kappa shape index (κ1) is 9.97. The highest BCUT2D eigenvalue weighted by Crippen LogP contribution is 2.29. The number of nitrogens with two attached hydrogens (primary N) is 1. The van der Waals surface area contributed by atoms with E-state index in [9.17, 15) is 0 Å². The second-order valence-electron chi connectivity index (χ2n) is 4.79. The van der Waals surface area contributed by atoms with Crippen molar-refractivity contribution in [1.82, 2.24) is 4.90 Å². The lowest BCUT2D eigenvalue weighted by molar-refractivity contribution is 0.253. The molecule has 2 rings (SSSR count). The van der Waals surface area contributed by atoms with Gasteiger partial charge in [0.05, 0.1) is 12.4 Å². The fourth-order valence-electron chi connectivity index (χ4n) is 1.72. The zero-order valence-corrected chi connectivity index (χ0v) is 9.24. The van der Waals surface area contributed by atoms with Crippen LogP contribution >= 0.6 is 0 Å². The molecule has 14 heavy (non-hydrogen) atoms. The molecule has 80 valence electrons. The Morgan fingerprint density at radius 3 is 2.57 bits per heavy atom. The first-order valence-electron chi connectivity index (χ1n) is 5.70. The molecule has 3 heteroatoms. The molecular formula is C11H21N3. The van der Waals surface area contributed by atoms with Crippen LogP contribution in [0.4, 0.5) is 0 Å². The van der Waals surface area contributed by atoms with Crippen LogP contribution in [-0.2, 0) is 0 Å². The Morgan fingerprint density at radius 2 is 2.07 bits per heavy atom. The Balaban J connectivity index is 1.75. The topological polar surface area (TPSA) is 41.6 Å². The van der Waals surface area contributed by atoms with Crippen molar-refractivity contribution in [2.75, 3.05) is 13.6 Å². The van der Waals surface area contributed by atoms with E-state index in [1.54, 1.807) is 0 Å². The van der Waals surface area contributed by atoms with Gasteiger partial charge in [0.15, 0.2) is 0 Å². The van der Waals surface area contributed by atoms with Crippen LogP contribution in [0.25, 0.3) is 0 Å². The Hall–Kier alpha value is -0.570. The molecule has 2 saturated carbocycles. The van der Waals surface area contributed by atoms with Crippen LogP contribution in [0.15, 0.2) is 4.99 Å². The van der Waals surface area contributed by atoms with Gasteiger partial charge < -0.3 is 5.73 Å². The summed E-state index contributed by atoms with van der Waals surface area (Å²) in [5, 5.41) is 0. The largest absolute Gasteiger partial charge is 0.387 e. The highest BCUT2D eigenvalue weighted by atomic mass is 15.2. The van der Waals surface area contributed by atoms with Gasteiger partial charge in [0.2, 0.25) is 0 Å². The molecule has 0 radical (unpaired) electrons. The fourth-order valence-corrected chi connectivity index (χ4v) is 1.72.